The number of rotatable bonds is 4. The number of carbonyl (C=O) groups is 1. The summed E-state index contributed by atoms with van der Waals surface area (Å²) in [5, 5.41) is 1.14. The number of carbonyl (C=O) groups excluding carboxylic acids is 1. The monoisotopic (exact) mass is 410 g/mol. The van der Waals surface area contributed by atoms with Gasteiger partial charge in [-0.05, 0) is 29.8 Å². The van der Waals surface area contributed by atoms with E-state index in [1.807, 2.05) is 55.3 Å². The highest BCUT2D eigenvalue weighted by Gasteiger charge is 2.25. The standard InChI is InChI=1S/C24H26N2O2.ClH/c1-17(2)24(27)26-13-11-22(12-14-26)28-21-9-7-18(8-10-21)20-15-19-5-3-4-6-23(19)25-16-20;/h3-10,15-17,22H,11-14H2,1-2H3;1H. The van der Waals surface area contributed by atoms with Gasteiger partial charge < -0.3 is 9.64 Å². The molecule has 0 aliphatic carbocycles. The molecule has 0 atom stereocenters. The average molecular weight is 411 g/mol. The molecule has 3 aromatic rings. The van der Waals surface area contributed by atoms with Gasteiger partial charge in [-0.15, -0.1) is 12.4 Å². The number of para-hydroxylation sites is 1. The Hall–Kier alpha value is -2.59. The molecule has 5 heteroatoms. The van der Waals surface area contributed by atoms with Crippen LogP contribution < -0.4 is 4.74 Å². The molecule has 2 heterocycles. The van der Waals surface area contributed by atoms with E-state index in [0.29, 0.717) is 0 Å². The van der Waals surface area contributed by atoms with Gasteiger partial charge in [0.1, 0.15) is 11.9 Å². The zero-order chi connectivity index (χ0) is 19.5. The van der Waals surface area contributed by atoms with Gasteiger partial charge >= 0.3 is 0 Å². The number of halogens is 1. The molecule has 0 N–H and O–H groups in total. The second kappa shape index (κ2) is 9.27. The Morgan fingerprint density at radius 2 is 1.72 bits per heavy atom. The first kappa shape index (κ1) is 21.1. The summed E-state index contributed by atoms with van der Waals surface area (Å²) >= 11 is 0. The largest absolute Gasteiger partial charge is 0.490 e. The van der Waals surface area contributed by atoms with Gasteiger partial charge in [-0.3, -0.25) is 9.78 Å². The maximum atomic E-state index is 12.1. The van der Waals surface area contributed by atoms with Gasteiger partial charge in [0.25, 0.3) is 0 Å². The Balaban J connectivity index is 0.00000240. The summed E-state index contributed by atoms with van der Waals surface area (Å²) in [6.45, 7) is 5.47. The molecular formula is C24H27ClN2O2. The van der Waals surface area contributed by atoms with Gasteiger partial charge in [-0.25, -0.2) is 0 Å². The van der Waals surface area contributed by atoms with Crippen molar-refractivity contribution < 1.29 is 9.53 Å². The minimum atomic E-state index is 0. The van der Waals surface area contributed by atoms with E-state index in [1.54, 1.807) is 0 Å². The van der Waals surface area contributed by atoms with Gasteiger partial charge in [-0.1, -0.05) is 44.2 Å². The molecule has 1 fully saturated rings. The third kappa shape index (κ3) is 4.88. The van der Waals surface area contributed by atoms with Gasteiger partial charge in [0, 0.05) is 49.0 Å². The summed E-state index contributed by atoms with van der Waals surface area (Å²) in [4.78, 5) is 18.6. The van der Waals surface area contributed by atoms with Crippen LogP contribution in [0.5, 0.6) is 5.75 Å². The third-order valence-electron chi connectivity index (χ3n) is 5.33. The number of hydrogen-bond acceptors (Lipinski definition) is 3. The minimum absolute atomic E-state index is 0. The summed E-state index contributed by atoms with van der Waals surface area (Å²) in [7, 11) is 0. The quantitative estimate of drug-likeness (QED) is 0.582. The molecule has 1 amide bonds. The number of likely N-dealkylation sites (tertiary alicyclic amines) is 1. The van der Waals surface area contributed by atoms with Crippen LogP contribution in [0.2, 0.25) is 0 Å². The summed E-state index contributed by atoms with van der Waals surface area (Å²) in [6.07, 6.45) is 3.85. The first-order chi connectivity index (χ1) is 13.6. The predicted octanol–water partition coefficient (Wildman–Crippen LogP) is 5.35. The lowest BCUT2D eigenvalue weighted by Gasteiger charge is -2.33. The van der Waals surface area contributed by atoms with Crippen LogP contribution in [0, 0.1) is 5.92 Å². The molecule has 0 bridgehead atoms. The number of fused-ring (bicyclic) bond motifs is 1. The second-order valence-corrected chi connectivity index (χ2v) is 7.74. The lowest BCUT2D eigenvalue weighted by molar-refractivity contribution is -0.136. The second-order valence-electron chi connectivity index (χ2n) is 7.74. The molecule has 0 spiro atoms. The van der Waals surface area contributed by atoms with Crippen molar-refractivity contribution in [3.05, 3.63) is 60.8 Å². The Morgan fingerprint density at radius 3 is 2.41 bits per heavy atom. The van der Waals surface area contributed by atoms with Crippen molar-refractivity contribution in [1.82, 2.24) is 9.88 Å². The van der Waals surface area contributed by atoms with Crippen molar-refractivity contribution in [2.45, 2.75) is 32.8 Å². The van der Waals surface area contributed by atoms with E-state index in [-0.39, 0.29) is 30.3 Å². The van der Waals surface area contributed by atoms with E-state index < -0.39 is 0 Å². The summed E-state index contributed by atoms with van der Waals surface area (Å²) in [6, 6.07) is 18.5. The maximum absolute atomic E-state index is 12.1. The molecule has 0 radical (unpaired) electrons. The van der Waals surface area contributed by atoms with Gasteiger partial charge in [0.15, 0.2) is 0 Å². The highest BCUT2D eigenvalue weighted by molar-refractivity contribution is 5.85. The number of amides is 1. The van der Waals surface area contributed by atoms with Crippen molar-refractivity contribution in [3.63, 3.8) is 0 Å². The highest BCUT2D eigenvalue weighted by Crippen LogP contribution is 2.26. The van der Waals surface area contributed by atoms with E-state index in [1.165, 1.54) is 0 Å². The number of benzene rings is 2. The number of piperidine rings is 1. The van der Waals surface area contributed by atoms with Crippen LogP contribution in [0.25, 0.3) is 22.0 Å². The summed E-state index contributed by atoms with van der Waals surface area (Å²) < 4.78 is 6.15. The third-order valence-corrected chi connectivity index (χ3v) is 5.33. The van der Waals surface area contributed by atoms with Crippen LogP contribution in [-0.4, -0.2) is 35.0 Å². The molecule has 2 aromatic carbocycles. The van der Waals surface area contributed by atoms with Crippen LogP contribution >= 0.6 is 12.4 Å². The first-order valence-corrected chi connectivity index (χ1v) is 10.0. The topological polar surface area (TPSA) is 42.4 Å². The molecule has 4 nitrogen and oxygen atoms in total. The molecule has 0 unspecified atom stereocenters. The number of pyridine rings is 1. The molecular weight excluding hydrogens is 384 g/mol. The van der Waals surface area contributed by atoms with Crippen molar-refractivity contribution >= 4 is 29.2 Å². The van der Waals surface area contributed by atoms with Crippen molar-refractivity contribution in [2.75, 3.05) is 13.1 Å². The van der Waals surface area contributed by atoms with Crippen molar-refractivity contribution in [3.8, 4) is 16.9 Å². The van der Waals surface area contributed by atoms with E-state index in [4.69, 9.17) is 4.74 Å². The molecule has 152 valence electrons. The van der Waals surface area contributed by atoms with Crippen LogP contribution in [-0.2, 0) is 4.79 Å². The van der Waals surface area contributed by atoms with Crippen LogP contribution in [0.3, 0.4) is 0 Å². The Kier molecular flexibility index (Phi) is 6.75. The number of ether oxygens (including phenoxy) is 1. The number of aromatic nitrogens is 1. The molecule has 0 saturated carbocycles. The molecule has 4 rings (SSSR count). The SMILES string of the molecule is CC(C)C(=O)N1CCC(Oc2ccc(-c3cnc4ccccc4c3)cc2)CC1.Cl. The maximum Gasteiger partial charge on any atom is 0.225 e. The highest BCUT2D eigenvalue weighted by atomic mass is 35.5. The van der Waals surface area contributed by atoms with E-state index >= 15 is 0 Å². The minimum Gasteiger partial charge on any atom is -0.490 e. The molecule has 1 aromatic heterocycles. The Bertz CT molecular complexity index is 964. The zero-order valence-corrected chi connectivity index (χ0v) is 17.7. The smallest absolute Gasteiger partial charge is 0.225 e. The number of nitrogens with zero attached hydrogens (tertiary/aromatic N) is 2. The molecule has 29 heavy (non-hydrogen) atoms. The van der Waals surface area contributed by atoms with E-state index in [9.17, 15) is 4.79 Å². The molecule has 1 saturated heterocycles. The van der Waals surface area contributed by atoms with Crippen molar-refractivity contribution in [1.29, 1.82) is 0 Å². The molecule has 1 aliphatic rings. The van der Waals surface area contributed by atoms with Gasteiger partial charge in [-0.2, -0.15) is 0 Å². The van der Waals surface area contributed by atoms with Gasteiger partial charge in [0.05, 0.1) is 5.52 Å². The average Bonchev–Trinajstić information content (AvgIpc) is 2.74. The number of hydrogen-bond donors (Lipinski definition) is 0. The van der Waals surface area contributed by atoms with Crippen LogP contribution in [0.15, 0.2) is 60.8 Å². The van der Waals surface area contributed by atoms with Crippen molar-refractivity contribution in [2.24, 2.45) is 5.92 Å². The van der Waals surface area contributed by atoms with E-state index in [0.717, 1.165) is 53.7 Å². The molecule has 1 aliphatic heterocycles. The summed E-state index contributed by atoms with van der Waals surface area (Å²) in [5.41, 5.74) is 3.24. The fourth-order valence-electron chi connectivity index (χ4n) is 3.71. The summed E-state index contributed by atoms with van der Waals surface area (Å²) in [5.74, 6) is 1.19. The zero-order valence-electron chi connectivity index (χ0n) is 16.9. The first-order valence-electron chi connectivity index (χ1n) is 10.0. The predicted molar refractivity (Wildman–Crippen MR) is 119 cm³/mol. The van der Waals surface area contributed by atoms with Crippen LogP contribution in [0.4, 0.5) is 0 Å². The lowest BCUT2D eigenvalue weighted by atomic mass is 10.0. The lowest BCUT2D eigenvalue weighted by Crippen LogP contribution is -2.43. The Labute approximate surface area is 178 Å². The fourth-order valence-corrected chi connectivity index (χ4v) is 3.71. The van der Waals surface area contributed by atoms with Crippen LogP contribution in [0.1, 0.15) is 26.7 Å². The fraction of sp³-hybridized carbons (Fsp3) is 0.333. The van der Waals surface area contributed by atoms with Gasteiger partial charge in [0.2, 0.25) is 5.91 Å². The Morgan fingerprint density at radius 1 is 1.03 bits per heavy atom. The normalized spacial score (nSPS) is 14.7. The van der Waals surface area contributed by atoms with E-state index in [2.05, 4.69) is 29.2 Å².